The van der Waals surface area contributed by atoms with Gasteiger partial charge < -0.3 is 14.2 Å². The summed E-state index contributed by atoms with van der Waals surface area (Å²) in [5.74, 6) is 0.821. The molecule has 0 heterocycles. The lowest BCUT2D eigenvalue weighted by atomic mass is 10.2. The summed E-state index contributed by atoms with van der Waals surface area (Å²) in [6.07, 6.45) is 0. The second-order valence-electron chi connectivity index (χ2n) is 2.92. The average Bonchev–Trinajstić information content (AvgIpc) is 2.29. The molecule has 0 unspecified atom stereocenters. The zero-order chi connectivity index (χ0) is 12.1. The van der Waals surface area contributed by atoms with E-state index in [4.69, 9.17) is 14.2 Å². The van der Waals surface area contributed by atoms with Crippen LogP contribution in [0.4, 0.5) is 0 Å². The van der Waals surface area contributed by atoms with Gasteiger partial charge in [0, 0.05) is 0 Å². The number of ether oxygens (including phenoxy) is 3. The van der Waals surface area contributed by atoms with Gasteiger partial charge in [0.2, 0.25) is 0 Å². The zero-order valence-electron chi connectivity index (χ0n) is 9.37. The molecule has 1 rings (SSSR count). The van der Waals surface area contributed by atoms with Crippen LogP contribution in [0.2, 0.25) is 0 Å². The van der Waals surface area contributed by atoms with E-state index in [0.29, 0.717) is 23.7 Å². The summed E-state index contributed by atoms with van der Waals surface area (Å²) in [5, 5.41) is 0. The maximum atomic E-state index is 11.6. The second kappa shape index (κ2) is 5.93. The van der Waals surface area contributed by atoms with Gasteiger partial charge in [-0.15, -0.1) is 0 Å². The Morgan fingerprint density at radius 3 is 2.12 bits per heavy atom. The fourth-order valence-corrected chi connectivity index (χ4v) is 1.95. The quantitative estimate of drug-likeness (QED) is 0.626. The van der Waals surface area contributed by atoms with Crippen molar-refractivity contribution in [3.8, 4) is 11.5 Å². The smallest absolute Gasteiger partial charge is 0.338 e. The molecular weight excluding hydrogens is 323 g/mol. The van der Waals surface area contributed by atoms with Crippen molar-refractivity contribution < 1.29 is 19.0 Å². The van der Waals surface area contributed by atoms with Crippen LogP contribution >= 0.6 is 22.6 Å². The summed E-state index contributed by atoms with van der Waals surface area (Å²) >= 11 is 2.10. The third kappa shape index (κ3) is 2.78. The lowest BCUT2D eigenvalue weighted by Crippen LogP contribution is -2.06. The van der Waals surface area contributed by atoms with Crippen LogP contribution in [0, 0.1) is 3.57 Å². The Morgan fingerprint density at radius 2 is 1.75 bits per heavy atom. The zero-order valence-corrected chi connectivity index (χ0v) is 11.5. The number of carbonyl (C=O) groups is 1. The number of halogens is 1. The second-order valence-corrected chi connectivity index (χ2v) is 3.99. The van der Waals surface area contributed by atoms with Crippen LogP contribution < -0.4 is 9.47 Å². The first-order valence-electron chi connectivity index (χ1n) is 4.72. The molecule has 0 bridgehead atoms. The van der Waals surface area contributed by atoms with Crippen LogP contribution in [0.5, 0.6) is 11.5 Å². The Balaban J connectivity index is 3.16. The highest BCUT2D eigenvalue weighted by Gasteiger charge is 2.14. The molecule has 0 atom stereocenters. The highest BCUT2D eigenvalue weighted by molar-refractivity contribution is 14.1. The first-order chi connectivity index (χ1) is 7.63. The van der Waals surface area contributed by atoms with E-state index >= 15 is 0 Å². The van der Waals surface area contributed by atoms with Gasteiger partial charge in [-0.1, -0.05) is 0 Å². The van der Waals surface area contributed by atoms with E-state index in [1.807, 2.05) is 0 Å². The van der Waals surface area contributed by atoms with Crippen LogP contribution in [0.1, 0.15) is 17.3 Å². The highest BCUT2D eigenvalue weighted by atomic mass is 127. The summed E-state index contributed by atoms with van der Waals surface area (Å²) in [6.45, 7) is 2.11. The van der Waals surface area contributed by atoms with Crippen molar-refractivity contribution in [1.82, 2.24) is 0 Å². The fourth-order valence-electron chi connectivity index (χ4n) is 1.20. The molecule has 0 aliphatic heterocycles. The van der Waals surface area contributed by atoms with Crippen LogP contribution in [0.3, 0.4) is 0 Å². The van der Waals surface area contributed by atoms with Crippen LogP contribution in [0.15, 0.2) is 12.1 Å². The van der Waals surface area contributed by atoms with Gasteiger partial charge >= 0.3 is 5.97 Å². The predicted molar refractivity (Wildman–Crippen MR) is 68.2 cm³/mol. The molecule has 0 fully saturated rings. The van der Waals surface area contributed by atoms with E-state index in [1.165, 1.54) is 0 Å². The van der Waals surface area contributed by atoms with Gasteiger partial charge in [0.1, 0.15) is 11.5 Å². The number of carbonyl (C=O) groups excluding carboxylic acids is 1. The average molecular weight is 336 g/mol. The lowest BCUT2D eigenvalue weighted by molar-refractivity contribution is 0.0525. The van der Waals surface area contributed by atoms with Gasteiger partial charge in [-0.05, 0) is 41.6 Å². The van der Waals surface area contributed by atoms with E-state index in [1.54, 1.807) is 33.3 Å². The lowest BCUT2D eigenvalue weighted by Gasteiger charge is -2.10. The molecular formula is C11H13IO4. The summed E-state index contributed by atoms with van der Waals surface area (Å²) < 4.78 is 16.1. The third-order valence-corrected chi connectivity index (χ3v) is 3.02. The molecule has 0 aromatic heterocycles. The van der Waals surface area contributed by atoms with Crippen molar-refractivity contribution in [2.75, 3.05) is 20.8 Å². The van der Waals surface area contributed by atoms with Gasteiger partial charge in [-0.25, -0.2) is 4.79 Å². The minimum absolute atomic E-state index is 0.343. The fraction of sp³-hybridized carbons (Fsp3) is 0.364. The van der Waals surface area contributed by atoms with E-state index in [2.05, 4.69) is 22.6 Å². The topological polar surface area (TPSA) is 44.8 Å². The van der Waals surface area contributed by atoms with Crippen molar-refractivity contribution in [2.45, 2.75) is 6.92 Å². The molecule has 1 aromatic carbocycles. The first kappa shape index (κ1) is 13.1. The molecule has 0 amide bonds. The van der Waals surface area contributed by atoms with Gasteiger partial charge in [-0.2, -0.15) is 0 Å². The Kier molecular flexibility index (Phi) is 4.85. The van der Waals surface area contributed by atoms with Crippen molar-refractivity contribution in [2.24, 2.45) is 0 Å². The summed E-state index contributed by atoms with van der Waals surface area (Å²) in [5.41, 5.74) is 0.427. The van der Waals surface area contributed by atoms with Crippen molar-refractivity contribution >= 4 is 28.6 Å². The standard InChI is InChI=1S/C11H13IO4/c1-4-16-11(13)7-5-8(14-2)10(12)9(6-7)15-3/h5-6H,4H2,1-3H3. The van der Waals surface area contributed by atoms with E-state index in [9.17, 15) is 4.79 Å². The largest absolute Gasteiger partial charge is 0.495 e. The maximum Gasteiger partial charge on any atom is 0.338 e. The van der Waals surface area contributed by atoms with Crippen molar-refractivity contribution in [3.05, 3.63) is 21.3 Å². The highest BCUT2D eigenvalue weighted by Crippen LogP contribution is 2.31. The summed E-state index contributed by atoms with van der Waals surface area (Å²) in [6, 6.07) is 3.28. The van der Waals surface area contributed by atoms with Gasteiger partial charge in [0.25, 0.3) is 0 Å². The first-order valence-corrected chi connectivity index (χ1v) is 5.80. The number of methoxy groups -OCH3 is 2. The molecule has 0 N–H and O–H groups in total. The molecule has 0 aliphatic carbocycles. The van der Waals surface area contributed by atoms with E-state index < -0.39 is 0 Å². The van der Waals surface area contributed by atoms with E-state index in [-0.39, 0.29) is 5.97 Å². The monoisotopic (exact) mass is 336 g/mol. The molecule has 1 aromatic rings. The Labute approximate surface area is 108 Å². The van der Waals surface area contributed by atoms with Gasteiger partial charge in [0.15, 0.2) is 0 Å². The molecule has 0 saturated heterocycles. The number of hydrogen-bond acceptors (Lipinski definition) is 4. The van der Waals surface area contributed by atoms with Crippen LogP contribution in [-0.4, -0.2) is 26.8 Å². The molecule has 88 valence electrons. The predicted octanol–water partition coefficient (Wildman–Crippen LogP) is 2.49. The number of esters is 1. The normalized spacial score (nSPS) is 9.75. The maximum absolute atomic E-state index is 11.6. The molecule has 0 aliphatic rings. The summed E-state index contributed by atoms with van der Waals surface area (Å²) in [7, 11) is 3.09. The molecule has 0 spiro atoms. The minimum atomic E-state index is -0.379. The van der Waals surface area contributed by atoms with Crippen LogP contribution in [0.25, 0.3) is 0 Å². The molecule has 4 nitrogen and oxygen atoms in total. The number of hydrogen-bond donors (Lipinski definition) is 0. The van der Waals surface area contributed by atoms with Gasteiger partial charge in [-0.3, -0.25) is 0 Å². The van der Waals surface area contributed by atoms with Gasteiger partial charge in [0.05, 0.1) is 30.0 Å². The Bertz CT molecular complexity index is 365. The summed E-state index contributed by atoms with van der Waals surface area (Å²) in [4.78, 5) is 11.6. The SMILES string of the molecule is CCOC(=O)c1cc(OC)c(I)c(OC)c1. The van der Waals surface area contributed by atoms with Crippen molar-refractivity contribution in [3.63, 3.8) is 0 Å². The molecule has 5 heteroatoms. The minimum Gasteiger partial charge on any atom is -0.495 e. The van der Waals surface area contributed by atoms with E-state index in [0.717, 1.165) is 3.57 Å². The Morgan fingerprint density at radius 1 is 1.25 bits per heavy atom. The van der Waals surface area contributed by atoms with Crippen LogP contribution in [-0.2, 0) is 4.74 Å². The number of benzene rings is 1. The van der Waals surface area contributed by atoms with Crippen molar-refractivity contribution in [1.29, 1.82) is 0 Å². The molecule has 0 saturated carbocycles. The molecule has 0 radical (unpaired) electrons. The number of rotatable bonds is 4. The Hall–Kier alpha value is -0.980. The third-order valence-electron chi connectivity index (χ3n) is 1.96. The molecule has 16 heavy (non-hydrogen) atoms.